The van der Waals surface area contributed by atoms with E-state index < -0.39 is 0 Å². The third-order valence-electron chi connectivity index (χ3n) is 5.16. The van der Waals surface area contributed by atoms with Crippen LogP contribution in [-0.2, 0) is 17.9 Å². The molecule has 1 saturated heterocycles. The second-order valence-corrected chi connectivity index (χ2v) is 7.60. The van der Waals surface area contributed by atoms with Crippen LogP contribution in [0, 0.1) is 0 Å². The van der Waals surface area contributed by atoms with Gasteiger partial charge in [-0.25, -0.2) is 4.79 Å². The number of ether oxygens (including phenoxy) is 1. The quantitative estimate of drug-likeness (QED) is 0.773. The van der Waals surface area contributed by atoms with E-state index in [1.807, 2.05) is 48.2 Å². The predicted molar refractivity (Wildman–Crippen MR) is 111 cm³/mol. The van der Waals surface area contributed by atoms with Crippen LogP contribution in [0.15, 0.2) is 36.4 Å². The molecule has 1 fully saturated rings. The highest BCUT2D eigenvalue weighted by molar-refractivity contribution is 5.92. The van der Waals surface area contributed by atoms with Crippen molar-refractivity contribution in [3.05, 3.63) is 53.3 Å². The number of carbonyl (C=O) groups is 2. The molecule has 0 unspecified atom stereocenters. The average molecular weight is 399 g/mol. The Morgan fingerprint density at radius 3 is 2.45 bits per heavy atom. The van der Waals surface area contributed by atoms with Gasteiger partial charge in [-0.15, -0.1) is 0 Å². The maximum absolute atomic E-state index is 13.1. The van der Waals surface area contributed by atoms with Crippen LogP contribution >= 0.6 is 0 Å². The molecule has 0 bridgehead atoms. The van der Waals surface area contributed by atoms with E-state index in [1.165, 1.54) is 0 Å². The number of aryl methyl sites for hydroxylation is 1. The van der Waals surface area contributed by atoms with E-state index in [-0.39, 0.29) is 24.5 Å². The predicted octanol–water partition coefficient (Wildman–Crippen LogP) is 3.51. The number of carbonyl (C=O) groups excluding carboxylic acids is 2. The zero-order chi connectivity index (χ0) is 20.8. The van der Waals surface area contributed by atoms with Gasteiger partial charge in [0.2, 0.25) is 0 Å². The van der Waals surface area contributed by atoms with Crippen molar-refractivity contribution in [2.75, 3.05) is 26.2 Å². The van der Waals surface area contributed by atoms with Crippen LogP contribution < -0.4 is 0 Å². The van der Waals surface area contributed by atoms with Gasteiger partial charge in [0, 0.05) is 32.7 Å². The van der Waals surface area contributed by atoms with Gasteiger partial charge >= 0.3 is 6.09 Å². The fourth-order valence-corrected chi connectivity index (χ4v) is 3.41. The van der Waals surface area contributed by atoms with Crippen LogP contribution in [-0.4, -0.2) is 57.8 Å². The highest BCUT2D eigenvalue weighted by atomic mass is 16.6. The van der Waals surface area contributed by atoms with Crippen LogP contribution in [0.25, 0.3) is 0 Å². The minimum absolute atomic E-state index is 0.0225. The first-order valence-electron chi connectivity index (χ1n) is 10.3. The Kier molecular flexibility index (Phi) is 6.90. The van der Waals surface area contributed by atoms with Gasteiger partial charge in [0.1, 0.15) is 12.3 Å². The van der Waals surface area contributed by atoms with E-state index in [9.17, 15) is 9.59 Å². The molecule has 3 rings (SSSR count). The van der Waals surface area contributed by atoms with E-state index in [0.717, 1.165) is 17.7 Å². The molecule has 0 atom stereocenters. The van der Waals surface area contributed by atoms with Gasteiger partial charge in [0.25, 0.3) is 5.91 Å². The lowest BCUT2D eigenvalue weighted by Gasteiger charge is -2.22. The third kappa shape index (κ3) is 5.16. The summed E-state index contributed by atoms with van der Waals surface area (Å²) < 4.78 is 7.21. The molecule has 1 aliphatic heterocycles. The smallest absolute Gasteiger partial charge is 0.410 e. The summed E-state index contributed by atoms with van der Waals surface area (Å²) in [6, 6.07) is 11.5. The van der Waals surface area contributed by atoms with Gasteiger partial charge in [-0.1, -0.05) is 44.2 Å². The van der Waals surface area contributed by atoms with Crippen molar-refractivity contribution >= 4 is 12.0 Å². The first-order valence-corrected chi connectivity index (χ1v) is 10.3. The normalized spacial score (nSPS) is 14.8. The zero-order valence-corrected chi connectivity index (χ0v) is 17.5. The number of amides is 2. The summed E-state index contributed by atoms with van der Waals surface area (Å²) >= 11 is 0. The van der Waals surface area contributed by atoms with Crippen LogP contribution in [0.2, 0.25) is 0 Å². The molecule has 7 heteroatoms. The lowest BCUT2D eigenvalue weighted by Crippen LogP contribution is -2.38. The number of benzene rings is 1. The van der Waals surface area contributed by atoms with Crippen LogP contribution in [0.1, 0.15) is 54.9 Å². The van der Waals surface area contributed by atoms with Crippen molar-refractivity contribution in [2.24, 2.45) is 0 Å². The maximum atomic E-state index is 13.1. The Hall–Kier alpha value is -2.83. The molecule has 1 aromatic carbocycles. The molecule has 29 heavy (non-hydrogen) atoms. The molecule has 2 aromatic rings. The number of hydrogen-bond acceptors (Lipinski definition) is 4. The fourth-order valence-electron chi connectivity index (χ4n) is 3.41. The summed E-state index contributed by atoms with van der Waals surface area (Å²) in [5.41, 5.74) is 2.51. The molecule has 0 radical (unpaired) electrons. The molecular formula is C22H30N4O3. The summed E-state index contributed by atoms with van der Waals surface area (Å²) in [4.78, 5) is 29.0. The van der Waals surface area contributed by atoms with E-state index in [2.05, 4.69) is 18.9 Å². The molecule has 2 amide bonds. The lowest BCUT2D eigenvalue weighted by molar-refractivity contribution is 0.0737. The summed E-state index contributed by atoms with van der Waals surface area (Å²) in [7, 11) is 0. The molecule has 2 heterocycles. The topological polar surface area (TPSA) is 67.7 Å². The molecule has 156 valence electrons. The van der Waals surface area contributed by atoms with Gasteiger partial charge in [-0.2, -0.15) is 5.10 Å². The third-order valence-corrected chi connectivity index (χ3v) is 5.16. The largest absolute Gasteiger partial charge is 0.445 e. The Morgan fingerprint density at radius 2 is 1.76 bits per heavy atom. The highest BCUT2D eigenvalue weighted by Gasteiger charge is 2.26. The van der Waals surface area contributed by atoms with Crippen molar-refractivity contribution < 1.29 is 14.3 Å². The van der Waals surface area contributed by atoms with Crippen molar-refractivity contribution in [2.45, 2.75) is 46.3 Å². The Labute approximate surface area is 172 Å². The molecule has 1 aromatic heterocycles. The van der Waals surface area contributed by atoms with Crippen molar-refractivity contribution in [3.63, 3.8) is 0 Å². The van der Waals surface area contributed by atoms with Gasteiger partial charge in [0.15, 0.2) is 0 Å². The van der Waals surface area contributed by atoms with E-state index >= 15 is 0 Å². The van der Waals surface area contributed by atoms with Crippen LogP contribution in [0.5, 0.6) is 0 Å². The number of rotatable bonds is 5. The molecule has 0 spiro atoms. The molecule has 0 saturated carbocycles. The number of nitrogens with zero attached hydrogens (tertiary/aromatic N) is 4. The SMILES string of the molecule is CCn1nc(C(C)C)cc1C(=O)N1CCCN(C(=O)OCc2ccccc2)CC1. The van der Waals surface area contributed by atoms with Gasteiger partial charge < -0.3 is 14.5 Å². The van der Waals surface area contributed by atoms with Gasteiger partial charge in [0.05, 0.1) is 5.69 Å². The summed E-state index contributed by atoms with van der Waals surface area (Å²) in [5, 5.41) is 4.55. The van der Waals surface area contributed by atoms with Crippen LogP contribution in [0.3, 0.4) is 0 Å². The molecular weight excluding hydrogens is 368 g/mol. The van der Waals surface area contributed by atoms with E-state index in [4.69, 9.17) is 4.74 Å². The molecule has 0 aliphatic carbocycles. The van der Waals surface area contributed by atoms with Crippen LogP contribution in [0.4, 0.5) is 4.79 Å². The Bertz CT molecular complexity index is 832. The van der Waals surface area contributed by atoms with Crippen molar-refractivity contribution in [1.29, 1.82) is 0 Å². The zero-order valence-electron chi connectivity index (χ0n) is 17.5. The molecule has 7 nitrogen and oxygen atoms in total. The monoisotopic (exact) mass is 398 g/mol. The van der Waals surface area contributed by atoms with E-state index in [1.54, 1.807) is 9.58 Å². The Balaban J connectivity index is 1.59. The fraction of sp³-hybridized carbons (Fsp3) is 0.500. The second kappa shape index (κ2) is 9.58. The molecule has 1 aliphatic rings. The minimum atomic E-state index is -0.330. The lowest BCUT2D eigenvalue weighted by atomic mass is 10.1. The first kappa shape index (κ1) is 20.9. The molecule has 0 N–H and O–H groups in total. The summed E-state index contributed by atoms with van der Waals surface area (Å²) in [6.07, 6.45) is 0.396. The summed E-state index contributed by atoms with van der Waals surface area (Å²) in [5.74, 6) is 0.249. The highest BCUT2D eigenvalue weighted by Crippen LogP contribution is 2.17. The summed E-state index contributed by atoms with van der Waals surface area (Å²) in [6.45, 7) is 9.20. The minimum Gasteiger partial charge on any atom is -0.445 e. The van der Waals surface area contributed by atoms with E-state index in [0.29, 0.717) is 38.4 Å². The van der Waals surface area contributed by atoms with Crippen molar-refractivity contribution in [3.8, 4) is 0 Å². The van der Waals surface area contributed by atoms with Gasteiger partial charge in [-0.3, -0.25) is 9.48 Å². The van der Waals surface area contributed by atoms with Crippen molar-refractivity contribution in [1.82, 2.24) is 19.6 Å². The maximum Gasteiger partial charge on any atom is 0.410 e. The first-order chi connectivity index (χ1) is 14.0. The average Bonchev–Trinajstić information content (AvgIpc) is 3.02. The van der Waals surface area contributed by atoms with Gasteiger partial charge in [-0.05, 0) is 30.9 Å². The second-order valence-electron chi connectivity index (χ2n) is 7.60. The Morgan fingerprint density at radius 1 is 1.07 bits per heavy atom. The standard InChI is InChI=1S/C22H30N4O3/c1-4-26-20(15-19(23-26)17(2)3)21(27)24-11-8-12-25(14-13-24)22(28)29-16-18-9-6-5-7-10-18/h5-7,9-10,15,17H,4,8,11-14,16H2,1-3H3. The number of hydrogen-bond donors (Lipinski definition) is 0. The number of aromatic nitrogens is 2.